The lowest BCUT2D eigenvalue weighted by molar-refractivity contribution is 0.0688. The molecule has 29 heteroatoms. The van der Waals surface area contributed by atoms with Crippen LogP contribution < -0.4 is 0 Å². The molecule has 15 aromatic rings. The number of nitrogens with zero attached hydrogens (tertiary/aromatic N) is 16. The van der Waals surface area contributed by atoms with E-state index in [9.17, 15) is 40.7 Å². The van der Waals surface area contributed by atoms with Crippen LogP contribution in [0.5, 0.6) is 0 Å². The first-order valence-corrected chi connectivity index (χ1v) is 38.2. The second kappa shape index (κ2) is 38.8. The van der Waals surface area contributed by atoms with Gasteiger partial charge in [-0.1, -0.05) is 116 Å². The quantitative estimate of drug-likeness (QED) is 0.0381. The van der Waals surface area contributed by atoms with Crippen molar-refractivity contribution < 1.29 is 45.1 Å². The first-order valence-electron chi connectivity index (χ1n) is 35.9. The van der Waals surface area contributed by atoms with Crippen molar-refractivity contribution >= 4 is 73.4 Å². The maximum atomic E-state index is 14.6. The highest BCUT2D eigenvalue weighted by Crippen LogP contribution is 2.31. The van der Waals surface area contributed by atoms with Gasteiger partial charge in [-0.15, -0.1) is 41.9 Å². The molecule has 9 aromatic carbocycles. The third kappa shape index (κ3) is 21.1. The van der Waals surface area contributed by atoms with Crippen LogP contribution in [0.2, 0.25) is 5.02 Å². The molecule has 0 N–H and O–H groups in total. The molecule has 117 heavy (non-hydrogen) atoms. The van der Waals surface area contributed by atoms with E-state index >= 15 is 0 Å². The zero-order chi connectivity index (χ0) is 81.2. The topological polar surface area (TPSA) is 250 Å². The van der Waals surface area contributed by atoms with Crippen LogP contribution in [0, 0.1) is 75.8 Å². The molecule has 0 aliphatic carbocycles. The highest BCUT2D eigenvalue weighted by atomic mass is 35.5. The lowest BCUT2D eigenvalue weighted by atomic mass is 10.1. The fourth-order valence-electron chi connectivity index (χ4n) is 12.3. The van der Waals surface area contributed by atoms with E-state index in [1.165, 1.54) is 75.6 Å². The molecule has 6 aromatic heterocycles. The Morgan fingerprint density at radius 1 is 0.496 bits per heavy atom. The molecule has 15 rings (SSSR count). The van der Waals surface area contributed by atoms with E-state index in [-0.39, 0.29) is 80.5 Å². The van der Waals surface area contributed by atoms with E-state index in [1.807, 2.05) is 89.5 Å². The number of fused-ring (bicyclic) bond motifs is 2. The Hall–Kier alpha value is -13.9. The van der Waals surface area contributed by atoms with Crippen molar-refractivity contribution in [3.8, 4) is 29.5 Å². The van der Waals surface area contributed by atoms with Gasteiger partial charge in [0.25, 0.3) is 17.7 Å². The molecule has 3 amide bonds. The summed E-state index contributed by atoms with van der Waals surface area (Å²) in [5.74, 6) is -1.87. The number of halogens is 7. The van der Waals surface area contributed by atoms with Crippen molar-refractivity contribution in [3.05, 3.63) is 373 Å². The van der Waals surface area contributed by atoms with Gasteiger partial charge in [0.05, 0.1) is 84.6 Å². The van der Waals surface area contributed by atoms with Gasteiger partial charge in [0.1, 0.15) is 65.3 Å². The summed E-state index contributed by atoms with van der Waals surface area (Å²) in [5.41, 5.74) is 7.31. The number of carbonyl (C=O) groups excluding carboxylic acids is 3. The fourth-order valence-corrected chi connectivity index (χ4v) is 14.6. The zero-order valence-corrected chi connectivity index (χ0v) is 64.0. The van der Waals surface area contributed by atoms with Crippen LogP contribution in [0.15, 0.2) is 248 Å². The largest absolute Gasteiger partial charge is 0.451 e. The van der Waals surface area contributed by atoms with Crippen molar-refractivity contribution in [3.63, 3.8) is 0 Å². The summed E-state index contributed by atoms with van der Waals surface area (Å²) in [4.78, 5) is 50.6. The molecule has 0 aliphatic rings. The molecule has 0 spiro atoms. The molecule has 6 heterocycles. The molecule has 0 radical (unpaired) electrons. The molecule has 0 saturated carbocycles. The molecule has 20 nitrogen and oxygen atoms in total. The minimum absolute atomic E-state index is 0. The summed E-state index contributed by atoms with van der Waals surface area (Å²) in [6.45, 7) is 3.27. The lowest BCUT2D eigenvalue weighted by Crippen LogP contribution is -2.34. The number of amides is 3. The smallest absolute Gasteiger partial charge is 0.290 e. The van der Waals surface area contributed by atoms with Gasteiger partial charge in [-0.3, -0.25) is 14.4 Å². The van der Waals surface area contributed by atoms with Crippen molar-refractivity contribution in [2.24, 2.45) is 0 Å². The van der Waals surface area contributed by atoms with Crippen LogP contribution >= 0.6 is 34.7 Å². The van der Waals surface area contributed by atoms with Crippen molar-refractivity contribution in [1.82, 2.24) is 64.0 Å². The second-order valence-electron chi connectivity index (χ2n) is 26.5. The number of benzene rings is 9. The lowest BCUT2D eigenvalue weighted by Gasteiger charge is -2.22. The minimum atomic E-state index is -0.793. The number of thiophene rings is 1. The highest BCUT2D eigenvalue weighted by Gasteiger charge is 2.27. The highest BCUT2D eigenvalue weighted by molar-refractivity contribution is 7.98. The minimum Gasteiger partial charge on any atom is -0.451 e. The molecule has 0 fully saturated rings. The van der Waals surface area contributed by atoms with Gasteiger partial charge in [0.15, 0.2) is 23.2 Å². The number of aryl methyl sites for hydroxylation is 1. The number of pyridine rings is 1. The maximum Gasteiger partial charge on any atom is 0.290 e. The number of thioether (sulfide) groups is 1. The van der Waals surface area contributed by atoms with Gasteiger partial charge < -0.3 is 32.8 Å². The van der Waals surface area contributed by atoms with Gasteiger partial charge >= 0.3 is 0 Å². The average molecular weight is 1630 g/mol. The standard InChI is InChI=1S/C30H24ClFN6OS.C30H22F3N5O2.C27H19F2N5OS.CH4/c31-25-5-3-6-26(32)24(25)19-40-15-14-37(30(39)28-13-12-23-4-1-2-7-27(23)35-28)18-29-36-34-20-38(29)17-22-10-8-21(16-33)9-11-22;1-19-12-22(7-9-25(19)32)27-10-11-28(40-27)30(39)37(16-23-6-8-24(31)13-26(23)33)17-29-36-35-18-38(29)15-21-4-2-20(14-34)3-5-21;28-22-10-9-21(23(29)12-22)15-33(27(35)25-11-20-3-1-2-4-24(20)36-25)16-26-32-31-17-34(26)14-19-7-5-18(13-30)6-8-19;/h1-13,20H,14-15,17-19H2;2-13,18H,15-17H2,1H3;1-12,17H,14-16H2;1H4. The molecule has 0 saturated heterocycles. The Morgan fingerprint density at radius 2 is 1.01 bits per heavy atom. The summed E-state index contributed by atoms with van der Waals surface area (Å²) in [6, 6.07) is 67.2. The Kier molecular flexibility index (Phi) is 27.4. The summed E-state index contributed by atoms with van der Waals surface area (Å²) in [7, 11) is 0. The van der Waals surface area contributed by atoms with Crippen LogP contribution in [0.1, 0.15) is 111 Å². The predicted molar refractivity (Wildman–Crippen MR) is 432 cm³/mol. The monoisotopic (exact) mass is 1630 g/mol. The Balaban J connectivity index is 0.000000161. The van der Waals surface area contributed by atoms with E-state index in [0.717, 1.165) is 55.9 Å². The van der Waals surface area contributed by atoms with Gasteiger partial charge in [-0.05, 0) is 150 Å². The third-order valence-corrected chi connectivity index (χ3v) is 21.0. The summed E-state index contributed by atoms with van der Waals surface area (Å²) in [5, 5.41) is 54.1. The zero-order valence-electron chi connectivity index (χ0n) is 61.6. The Labute approximate surface area is 681 Å². The first-order chi connectivity index (χ1) is 56.3. The summed E-state index contributed by atoms with van der Waals surface area (Å²) >= 11 is 9.04. The number of aromatic nitrogens is 10. The van der Waals surface area contributed by atoms with E-state index in [2.05, 4.69) is 53.8 Å². The number of nitriles is 3. The van der Waals surface area contributed by atoms with E-state index in [0.29, 0.717) is 110 Å². The number of para-hydroxylation sites is 1. The van der Waals surface area contributed by atoms with Gasteiger partial charge in [0.2, 0.25) is 0 Å². The van der Waals surface area contributed by atoms with Gasteiger partial charge in [0, 0.05) is 80.6 Å². The van der Waals surface area contributed by atoms with E-state index in [4.69, 9.17) is 31.8 Å². The van der Waals surface area contributed by atoms with Crippen LogP contribution in [0.3, 0.4) is 0 Å². The second-order valence-corrected chi connectivity index (χ2v) is 29.1. The van der Waals surface area contributed by atoms with E-state index in [1.54, 1.807) is 119 Å². The number of carbonyl (C=O) groups is 3. The van der Waals surface area contributed by atoms with Crippen LogP contribution in [-0.4, -0.2) is 94.0 Å². The molecule has 0 atom stereocenters. The summed E-state index contributed by atoms with van der Waals surface area (Å²) < 4.78 is 96.3. The fraction of sp³-hybridized carbons (Fsp3) is 0.148. The molecule has 0 unspecified atom stereocenters. The van der Waals surface area contributed by atoms with Crippen molar-refractivity contribution in [1.29, 1.82) is 15.8 Å². The predicted octanol–water partition coefficient (Wildman–Crippen LogP) is 18.3. The number of rotatable bonds is 25. The number of hydrogen-bond donors (Lipinski definition) is 0. The van der Waals surface area contributed by atoms with Crippen molar-refractivity contribution in [2.75, 3.05) is 12.3 Å². The first kappa shape index (κ1) is 82.6. The normalized spacial score (nSPS) is 10.8. The molecule has 0 bridgehead atoms. The third-order valence-electron chi connectivity index (χ3n) is 18.5. The van der Waals surface area contributed by atoms with E-state index < -0.39 is 29.2 Å². The summed E-state index contributed by atoms with van der Waals surface area (Å²) in [6.07, 6.45) is 4.70. The van der Waals surface area contributed by atoms with Crippen LogP contribution in [-0.2, 0) is 58.1 Å². The molecular weight excluding hydrogens is 1560 g/mol. The molecular formula is C88H69ClF6N16O4S2. The van der Waals surface area contributed by atoms with Gasteiger partial charge in [-0.2, -0.15) is 27.5 Å². The van der Waals surface area contributed by atoms with Gasteiger partial charge in [-0.25, -0.2) is 31.3 Å². The number of hydrogen-bond acceptors (Lipinski definition) is 16. The average Bonchev–Trinajstić information content (AvgIpc) is 1.80. The molecule has 586 valence electrons. The SMILES string of the molecule is C.Cc1cc(-c2ccc(C(=O)N(Cc3ccc(F)cc3F)Cc3nncn3Cc3ccc(C#N)cc3)o2)ccc1F.N#Cc1ccc(Cn2cnnc2CN(CCSCc2c(F)cccc2Cl)C(=O)c2ccc3ccccc3n2)cc1.N#Cc1ccc(Cn2cnnc2CN(Cc2ccc(F)cc2F)C(=O)c2cc3ccccc3s2)cc1. The molecule has 0 aliphatic heterocycles. The van der Waals surface area contributed by atoms with Crippen LogP contribution in [0.4, 0.5) is 26.3 Å². The van der Waals surface area contributed by atoms with Crippen molar-refractivity contribution in [2.45, 2.75) is 72.5 Å². The Bertz CT molecular complexity index is 6120. The Morgan fingerprint density at radius 3 is 1.52 bits per heavy atom. The number of furan rings is 1. The van der Waals surface area contributed by atoms with Crippen LogP contribution in [0.25, 0.3) is 32.3 Å². The maximum absolute atomic E-state index is 14.6.